The lowest BCUT2D eigenvalue weighted by atomic mass is 10.1. The summed E-state index contributed by atoms with van der Waals surface area (Å²) in [6.45, 7) is 7.37. The fraction of sp³-hybridized carbons (Fsp3) is 0.333. The van der Waals surface area contributed by atoms with E-state index in [-0.39, 0.29) is 18.4 Å². The molecule has 1 N–H and O–H groups in total. The summed E-state index contributed by atoms with van der Waals surface area (Å²) in [5, 5.41) is 11.4. The summed E-state index contributed by atoms with van der Waals surface area (Å²) in [4.78, 5) is 31.2. The van der Waals surface area contributed by atoms with Crippen LogP contribution in [0.2, 0.25) is 0 Å². The number of benzene rings is 3. The van der Waals surface area contributed by atoms with Crippen molar-refractivity contribution >= 4 is 34.2 Å². The molecular weight excluding hydrogens is 492 g/mol. The Bertz CT molecular complexity index is 1410. The molecule has 1 aromatic heterocycles. The van der Waals surface area contributed by atoms with Crippen molar-refractivity contribution < 1.29 is 14.3 Å². The lowest BCUT2D eigenvalue weighted by molar-refractivity contribution is -0.140. The number of anilines is 2. The minimum Gasteiger partial charge on any atom is -0.378 e. The first-order chi connectivity index (χ1) is 19.0. The van der Waals surface area contributed by atoms with Crippen molar-refractivity contribution in [2.24, 2.45) is 0 Å². The maximum Gasteiger partial charge on any atom is 0.247 e. The number of carbonyl (C=O) groups excluding carboxylic acids is 2. The van der Waals surface area contributed by atoms with Crippen LogP contribution in [0.15, 0.2) is 72.8 Å². The number of para-hydroxylation sites is 1. The van der Waals surface area contributed by atoms with Crippen molar-refractivity contribution in [3.05, 3.63) is 83.9 Å². The van der Waals surface area contributed by atoms with Crippen LogP contribution in [0.1, 0.15) is 24.5 Å². The van der Waals surface area contributed by atoms with Crippen LogP contribution >= 0.6 is 0 Å². The van der Waals surface area contributed by atoms with Crippen molar-refractivity contribution in [2.45, 2.75) is 39.4 Å². The molecule has 1 aliphatic heterocycles. The van der Waals surface area contributed by atoms with E-state index in [4.69, 9.17) is 4.74 Å². The van der Waals surface area contributed by atoms with Gasteiger partial charge in [0.2, 0.25) is 11.8 Å². The highest BCUT2D eigenvalue weighted by Crippen LogP contribution is 2.21. The van der Waals surface area contributed by atoms with Gasteiger partial charge >= 0.3 is 0 Å². The number of morpholine rings is 1. The van der Waals surface area contributed by atoms with Gasteiger partial charge in [0.25, 0.3) is 0 Å². The van der Waals surface area contributed by atoms with Crippen LogP contribution in [-0.4, -0.2) is 64.1 Å². The lowest BCUT2D eigenvalue weighted by Crippen LogP contribution is -2.47. The highest BCUT2D eigenvalue weighted by atomic mass is 16.5. The SMILES string of the molecule is CCC(C(=O)Nc1ccc(N2CCOCC2)cc1)N(Cc1ccc(C)cc1)C(=O)Cn1nnc2ccccc21. The number of nitrogens with zero attached hydrogens (tertiary/aromatic N) is 5. The van der Waals surface area contributed by atoms with Crippen molar-refractivity contribution in [3.63, 3.8) is 0 Å². The van der Waals surface area contributed by atoms with Crippen LogP contribution < -0.4 is 10.2 Å². The van der Waals surface area contributed by atoms with Crippen LogP contribution in [0.4, 0.5) is 11.4 Å². The highest BCUT2D eigenvalue weighted by molar-refractivity contribution is 5.97. The first kappa shape index (κ1) is 26.4. The summed E-state index contributed by atoms with van der Waals surface area (Å²) >= 11 is 0. The van der Waals surface area contributed by atoms with Gasteiger partial charge in [0.1, 0.15) is 18.1 Å². The molecule has 0 spiro atoms. The fourth-order valence-electron chi connectivity index (χ4n) is 4.87. The summed E-state index contributed by atoms with van der Waals surface area (Å²) in [6.07, 6.45) is 0.466. The van der Waals surface area contributed by atoms with Gasteiger partial charge in [-0.3, -0.25) is 9.59 Å². The predicted molar refractivity (Wildman–Crippen MR) is 151 cm³/mol. The first-order valence-corrected chi connectivity index (χ1v) is 13.4. The molecule has 1 atom stereocenters. The summed E-state index contributed by atoms with van der Waals surface area (Å²) in [7, 11) is 0. The van der Waals surface area contributed by atoms with E-state index >= 15 is 0 Å². The second-order valence-electron chi connectivity index (χ2n) is 9.80. The second-order valence-corrected chi connectivity index (χ2v) is 9.80. The number of carbonyl (C=O) groups is 2. The zero-order chi connectivity index (χ0) is 27.2. The van der Waals surface area contributed by atoms with Gasteiger partial charge in [-0.2, -0.15) is 0 Å². The average Bonchev–Trinajstić information content (AvgIpc) is 3.37. The van der Waals surface area contributed by atoms with E-state index < -0.39 is 6.04 Å². The lowest BCUT2D eigenvalue weighted by Gasteiger charge is -2.31. The topological polar surface area (TPSA) is 92.6 Å². The van der Waals surface area contributed by atoms with Gasteiger partial charge in [0.15, 0.2) is 0 Å². The van der Waals surface area contributed by atoms with Crippen molar-refractivity contribution in [1.82, 2.24) is 19.9 Å². The standard InChI is InChI=1S/C30H34N6O3/c1-3-27(30(38)31-24-12-14-25(15-13-24)34-16-18-39-19-17-34)35(20-23-10-8-22(2)9-11-23)29(37)21-36-28-7-5-4-6-26(28)32-33-36/h4-15,27H,3,16-21H2,1-2H3,(H,31,38). The molecule has 9 heteroatoms. The Morgan fingerprint density at radius 3 is 2.44 bits per heavy atom. The molecule has 2 heterocycles. The van der Waals surface area contributed by atoms with Gasteiger partial charge in [-0.1, -0.05) is 54.1 Å². The highest BCUT2D eigenvalue weighted by Gasteiger charge is 2.29. The predicted octanol–water partition coefficient (Wildman–Crippen LogP) is 4.02. The van der Waals surface area contributed by atoms with Crippen LogP contribution in [0, 0.1) is 6.92 Å². The van der Waals surface area contributed by atoms with Gasteiger partial charge in [-0.25, -0.2) is 4.68 Å². The van der Waals surface area contributed by atoms with Crippen LogP contribution in [-0.2, 0) is 27.4 Å². The Morgan fingerprint density at radius 1 is 1.00 bits per heavy atom. The normalized spacial score (nSPS) is 14.3. The second kappa shape index (κ2) is 12.1. The van der Waals surface area contributed by atoms with Crippen LogP contribution in [0.3, 0.4) is 0 Å². The van der Waals surface area contributed by atoms with E-state index in [0.717, 1.165) is 40.9 Å². The Kier molecular flexibility index (Phi) is 8.17. The third-order valence-electron chi connectivity index (χ3n) is 7.08. The largest absolute Gasteiger partial charge is 0.378 e. The Morgan fingerprint density at radius 2 is 1.72 bits per heavy atom. The van der Waals surface area contributed by atoms with Gasteiger partial charge in [0.05, 0.1) is 18.7 Å². The van der Waals surface area contributed by atoms with E-state index in [0.29, 0.717) is 31.9 Å². The summed E-state index contributed by atoms with van der Waals surface area (Å²) in [5.41, 5.74) is 5.38. The zero-order valence-corrected chi connectivity index (χ0v) is 22.4. The van der Waals surface area contributed by atoms with Crippen LogP contribution in [0.25, 0.3) is 11.0 Å². The molecule has 1 unspecified atom stereocenters. The number of nitrogens with one attached hydrogen (secondary N) is 1. The molecule has 0 saturated carbocycles. The Hall–Kier alpha value is -4.24. The molecule has 1 fully saturated rings. The monoisotopic (exact) mass is 526 g/mol. The summed E-state index contributed by atoms with van der Waals surface area (Å²) < 4.78 is 7.03. The molecule has 1 saturated heterocycles. The Labute approximate surface area is 228 Å². The molecule has 2 amide bonds. The molecule has 4 aromatic rings. The van der Waals surface area contributed by atoms with E-state index in [9.17, 15) is 9.59 Å². The molecule has 202 valence electrons. The average molecular weight is 527 g/mol. The van der Waals surface area contributed by atoms with E-state index in [1.807, 2.05) is 86.6 Å². The Balaban J connectivity index is 1.35. The third kappa shape index (κ3) is 6.26. The smallest absolute Gasteiger partial charge is 0.247 e. The minimum absolute atomic E-state index is 0.00952. The van der Waals surface area contributed by atoms with E-state index in [1.54, 1.807) is 9.58 Å². The summed E-state index contributed by atoms with van der Waals surface area (Å²) in [6, 6.07) is 22.7. The quantitative estimate of drug-likeness (QED) is 0.354. The minimum atomic E-state index is -0.660. The zero-order valence-electron chi connectivity index (χ0n) is 22.4. The number of hydrogen-bond donors (Lipinski definition) is 1. The van der Waals surface area contributed by atoms with Gasteiger partial charge in [0, 0.05) is 31.0 Å². The molecule has 3 aromatic carbocycles. The number of fused-ring (bicyclic) bond motifs is 1. The third-order valence-corrected chi connectivity index (χ3v) is 7.08. The number of amides is 2. The number of aryl methyl sites for hydroxylation is 1. The van der Waals surface area contributed by atoms with Gasteiger partial charge < -0.3 is 19.9 Å². The molecule has 5 rings (SSSR count). The fourth-order valence-corrected chi connectivity index (χ4v) is 4.87. The maximum absolute atomic E-state index is 13.7. The number of aromatic nitrogens is 3. The first-order valence-electron chi connectivity index (χ1n) is 13.4. The van der Waals surface area contributed by atoms with Crippen molar-refractivity contribution in [2.75, 3.05) is 36.5 Å². The molecule has 0 aliphatic carbocycles. The molecule has 1 aliphatic rings. The van der Waals surface area contributed by atoms with Crippen LogP contribution in [0.5, 0.6) is 0 Å². The molecule has 39 heavy (non-hydrogen) atoms. The van der Waals surface area contributed by atoms with Gasteiger partial charge in [-0.15, -0.1) is 5.10 Å². The van der Waals surface area contributed by atoms with Crippen molar-refractivity contribution in [3.8, 4) is 0 Å². The molecule has 9 nitrogen and oxygen atoms in total. The van der Waals surface area contributed by atoms with E-state index in [1.165, 1.54) is 0 Å². The number of ether oxygens (including phenoxy) is 1. The van der Waals surface area contributed by atoms with E-state index in [2.05, 4.69) is 20.5 Å². The number of rotatable bonds is 9. The summed E-state index contributed by atoms with van der Waals surface area (Å²) in [5.74, 6) is -0.420. The van der Waals surface area contributed by atoms with Crippen molar-refractivity contribution in [1.29, 1.82) is 0 Å². The molecule has 0 bridgehead atoms. The molecule has 0 radical (unpaired) electrons. The van der Waals surface area contributed by atoms with Gasteiger partial charge in [-0.05, 0) is 55.3 Å². The maximum atomic E-state index is 13.7. The number of hydrogen-bond acceptors (Lipinski definition) is 6. The molecular formula is C30H34N6O3.